The fourth-order valence-electron chi connectivity index (χ4n) is 0.753. The maximum Gasteiger partial charge on any atom is 0.261 e. The normalized spacial score (nSPS) is 10.7. The second-order valence-corrected chi connectivity index (χ2v) is 2.46. The summed E-state index contributed by atoms with van der Waals surface area (Å²) in [5, 5.41) is 3.53. The van der Waals surface area contributed by atoms with Crippen molar-refractivity contribution in [2.75, 3.05) is 5.43 Å². The molecule has 0 fully saturated rings. The van der Waals surface area contributed by atoms with E-state index < -0.39 is 5.78 Å². The van der Waals surface area contributed by atoms with Gasteiger partial charge in [-0.2, -0.15) is 5.10 Å². The molecule has 0 unspecified atom stereocenters. The zero-order valence-electron chi connectivity index (χ0n) is 7.31. The Morgan fingerprint density at radius 3 is 2.57 bits per heavy atom. The molecule has 0 atom stereocenters. The molecule has 5 heteroatoms. The van der Waals surface area contributed by atoms with Crippen molar-refractivity contribution in [3.63, 3.8) is 0 Å². The SMILES string of the molecule is N/C(=N\Nc1ccccc1)C(=O)C=O. The molecule has 72 valence electrons. The molecule has 0 amide bonds. The molecule has 3 N–H and O–H groups in total. The van der Waals surface area contributed by atoms with Crippen molar-refractivity contribution in [2.24, 2.45) is 10.8 Å². The second kappa shape index (κ2) is 4.76. The number of hydrogen-bond acceptors (Lipinski definition) is 4. The minimum Gasteiger partial charge on any atom is -0.379 e. The topological polar surface area (TPSA) is 84.5 Å². The van der Waals surface area contributed by atoms with Crippen molar-refractivity contribution in [3.05, 3.63) is 30.3 Å². The molecule has 0 aliphatic rings. The van der Waals surface area contributed by atoms with Crippen LogP contribution in [0.15, 0.2) is 35.4 Å². The zero-order chi connectivity index (χ0) is 10.4. The molecular formula is C9H9N3O2. The minimum absolute atomic E-state index is 0.117. The Labute approximate surface area is 80.6 Å². The number of nitrogens with zero attached hydrogens (tertiary/aromatic N) is 1. The van der Waals surface area contributed by atoms with Crippen LogP contribution in [0.1, 0.15) is 0 Å². The van der Waals surface area contributed by atoms with Gasteiger partial charge in [0, 0.05) is 0 Å². The first-order chi connectivity index (χ1) is 6.74. The Morgan fingerprint density at radius 2 is 2.00 bits per heavy atom. The van der Waals surface area contributed by atoms with E-state index in [0.29, 0.717) is 5.69 Å². The van der Waals surface area contributed by atoms with Gasteiger partial charge in [0.15, 0.2) is 12.1 Å². The number of rotatable bonds is 4. The lowest BCUT2D eigenvalue weighted by atomic mass is 10.3. The monoisotopic (exact) mass is 191 g/mol. The van der Waals surface area contributed by atoms with Crippen LogP contribution in [0.3, 0.4) is 0 Å². The number of nitrogens with one attached hydrogen (secondary N) is 1. The number of ketones is 1. The van der Waals surface area contributed by atoms with Gasteiger partial charge in [0.2, 0.25) is 0 Å². The van der Waals surface area contributed by atoms with Crippen LogP contribution in [0, 0.1) is 0 Å². The summed E-state index contributed by atoms with van der Waals surface area (Å²) in [6.45, 7) is 0. The average molecular weight is 191 g/mol. The van der Waals surface area contributed by atoms with Crippen molar-refractivity contribution in [1.29, 1.82) is 0 Å². The molecule has 1 rings (SSSR count). The van der Waals surface area contributed by atoms with E-state index in [4.69, 9.17) is 5.73 Å². The van der Waals surface area contributed by atoms with Gasteiger partial charge >= 0.3 is 0 Å². The summed E-state index contributed by atoms with van der Waals surface area (Å²) in [6, 6.07) is 8.95. The number of hydrazone groups is 1. The van der Waals surface area contributed by atoms with E-state index in [9.17, 15) is 9.59 Å². The second-order valence-electron chi connectivity index (χ2n) is 2.46. The van der Waals surface area contributed by atoms with E-state index in [1.165, 1.54) is 0 Å². The number of Topliss-reactive ketones (excluding diaryl/α,β-unsaturated/α-hetero) is 1. The lowest BCUT2D eigenvalue weighted by Crippen LogP contribution is -2.25. The first-order valence-electron chi connectivity index (χ1n) is 3.88. The maximum atomic E-state index is 10.7. The molecule has 0 saturated heterocycles. The van der Waals surface area contributed by atoms with Crippen molar-refractivity contribution in [1.82, 2.24) is 0 Å². The number of para-hydroxylation sites is 1. The Kier molecular flexibility index (Phi) is 3.37. The van der Waals surface area contributed by atoms with Crippen LogP contribution in [0.2, 0.25) is 0 Å². The number of amidine groups is 1. The summed E-state index contributed by atoms with van der Waals surface area (Å²) in [5.41, 5.74) is 8.41. The van der Waals surface area contributed by atoms with Gasteiger partial charge < -0.3 is 5.73 Å². The molecule has 0 bridgehead atoms. The molecule has 14 heavy (non-hydrogen) atoms. The van der Waals surface area contributed by atoms with Crippen molar-refractivity contribution < 1.29 is 9.59 Å². The molecule has 0 radical (unpaired) electrons. The average Bonchev–Trinajstić information content (AvgIpc) is 2.26. The van der Waals surface area contributed by atoms with Crippen molar-refractivity contribution in [2.45, 2.75) is 0 Å². The number of hydrogen-bond donors (Lipinski definition) is 2. The molecular weight excluding hydrogens is 182 g/mol. The molecule has 0 aliphatic carbocycles. The van der Waals surface area contributed by atoms with Gasteiger partial charge in [0.25, 0.3) is 5.78 Å². The first-order valence-corrected chi connectivity index (χ1v) is 3.88. The van der Waals surface area contributed by atoms with Crippen molar-refractivity contribution in [3.8, 4) is 0 Å². The van der Waals surface area contributed by atoms with Gasteiger partial charge in [-0.3, -0.25) is 15.0 Å². The molecule has 0 saturated carbocycles. The third-order valence-electron chi connectivity index (χ3n) is 1.44. The van der Waals surface area contributed by atoms with Gasteiger partial charge in [0.1, 0.15) is 0 Å². The number of carbonyl (C=O) groups excluding carboxylic acids is 2. The molecule has 1 aromatic rings. The fourth-order valence-corrected chi connectivity index (χ4v) is 0.753. The smallest absolute Gasteiger partial charge is 0.261 e. The number of nitrogens with two attached hydrogens (primary N) is 1. The molecule has 5 nitrogen and oxygen atoms in total. The lowest BCUT2D eigenvalue weighted by Gasteiger charge is -1.99. The Bertz CT molecular complexity index is 360. The number of aldehydes is 1. The highest BCUT2D eigenvalue weighted by atomic mass is 16.2. The van der Waals surface area contributed by atoms with Crippen LogP contribution in [-0.4, -0.2) is 17.9 Å². The van der Waals surface area contributed by atoms with Gasteiger partial charge in [-0.1, -0.05) is 18.2 Å². The maximum absolute atomic E-state index is 10.7. The van der Waals surface area contributed by atoms with Gasteiger partial charge in [-0.05, 0) is 12.1 Å². The molecule has 0 heterocycles. The zero-order valence-corrected chi connectivity index (χ0v) is 7.31. The van der Waals surface area contributed by atoms with E-state index >= 15 is 0 Å². The van der Waals surface area contributed by atoms with Crippen LogP contribution in [0.25, 0.3) is 0 Å². The van der Waals surface area contributed by atoms with E-state index in [1.54, 1.807) is 24.3 Å². The molecule has 0 aromatic heterocycles. The van der Waals surface area contributed by atoms with Crippen LogP contribution in [0.5, 0.6) is 0 Å². The summed E-state index contributed by atoms with van der Waals surface area (Å²) in [4.78, 5) is 20.7. The summed E-state index contributed by atoms with van der Waals surface area (Å²) < 4.78 is 0. The quantitative estimate of drug-likeness (QED) is 0.233. The van der Waals surface area contributed by atoms with E-state index in [0.717, 1.165) is 0 Å². The Balaban J connectivity index is 2.64. The largest absolute Gasteiger partial charge is 0.379 e. The lowest BCUT2D eigenvalue weighted by molar-refractivity contribution is -0.125. The highest BCUT2D eigenvalue weighted by Crippen LogP contribution is 2.03. The summed E-state index contributed by atoms with van der Waals surface area (Å²) in [5.74, 6) is -1.20. The summed E-state index contributed by atoms with van der Waals surface area (Å²) in [6.07, 6.45) is 0.117. The van der Waals surface area contributed by atoms with E-state index in [1.807, 2.05) is 6.07 Å². The number of anilines is 1. The minimum atomic E-state index is -0.839. The van der Waals surface area contributed by atoms with E-state index in [-0.39, 0.29) is 12.1 Å². The van der Waals surface area contributed by atoms with Gasteiger partial charge in [-0.15, -0.1) is 0 Å². The van der Waals surface area contributed by atoms with Crippen LogP contribution in [-0.2, 0) is 9.59 Å². The van der Waals surface area contributed by atoms with Gasteiger partial charge in [0.05, 0.1) is 5.69 Å². The summed E-state index contributed by atoms with van der Waals surface area (Å²) in [7, 11) is 0. The standard InChI is InChI=1S/C9H9N3O2/c10-9(8(14)6-13)12-11-7-4-2-1-3-5-7/h1-6,11H,(H2,10,12). The predicted molar refractivity (Wildman–Crippen MR) is 52.8 cm³/mol. The van der Waals surface area contributed by atoms with Crippen molar-refractivity contribution >= 4 is 23.6 Å². The van der Waals surface area contributed by atoms with E-state index in [2.05, 4.69) is 10.5 Å². The third kappa shape index (κ3) is 2.71. The number of carbonyl (C=O) groups is 2. The first kappa shape index (κ1) is 9.91. The summed E-state index contributed by atoms with van der Waals surface area (Å²) >= 11 is 0. The van der Waals surface area contributed by atoms with Gasteiger partial charge in [-0.25, -0.2) is 0 Å². The molecule has 0 spiro atoms. The number of benzene rings is 1. The highest BCUT2D eigenvalue weighted by Gasteiger charge is 2.03. The molecule has 0 aliphatic heterocycles. The third-order valence-corrected chi connectivity index (χ3v) is 1.44. The highest BCUT2D eigenvalue weighted by molar-refractivity contribution is 6.58. The fraction of sp³-hybridized carbons (Fsp3) is 0. The molecule has 1 aromatic carbocycles. The Morgan fingerprint density at radius 1 is 1.36 bits per heavy atom. The predicted octanol–water partition coefficient (Wildman–Crippen LogP) is 0.139. The van der Waals surface area contributed by atoms with Crippen LogP contribution in [0.4, 0.5) is 5.69 Å². The Hall–Kier alpha value is -2.17. The van der Waals surface area contributed by atoms with Crippen LogP contribution < -0.4 is 11.2 Å². The van der Waals surface area contributed by atoms with Crippen LogP contribution >= 0.6 is 0 Å².